The summed E-state index contributed by atoms with van der Waals surface area (Å²) < 4.78 is 2.43. The van der Waals surface area contributed by atoms with Crippen molar-refractivity contribution in [2.75, 3.05) is 11.9 Å². The van der Waals surface area contributed by atoms with E-state index in [0.717, 1.165) is 0 Å². The molecule has 0 aromatic carbocycles. The van der Waals surface area contributed by atoms with Crippen LogP contribution in [-0.2, 0) is 4.79 Å². The van der Waals surface area contributed by atoms with E-state index in [-0.39, 0.29) is 12.5 Å². The molecule has 0 radical (unpaired) electrons. The van der Waals surface area contributed by atoms with E-state index in [4.69, 9.17) is 0 Å². The smallest absolute Gasteiger partial charge is 0.319 e. The maximum atomic E-state index is 11.3. The number of urea groups is 1. The van der Waals surface area contributed by atoms with Gasteiger partial charge in [0.2, 0.25) is 0 Å². The second kappa shape index (κ2) is 6.95. The zero-order valence-corrected chi connectivity index (χ0v) is 10.3. The summed E-state index contributed by atoms with van der Waals surface area (Å²) in [4.78, 5) is 26.1. The van der Waals surface area contributed by atoms with Crippen molar-refractivity contribution in [2.24, 2.45) is 0 Å². The second-order valence-corrected chi connectivity index (χ2v) is 3.23. The average Bonchev–Trinajstić information content (AvgIpc) is 2.28. The number of hydrazine groups is 1. The first-order chi connectivity index (χ1) is 7.72. The van der Waals surface area contributed by atoms with Crippen LogP contribution in [0.4, 0.5) is 10.5 Å². The van der Waals surface area contributed by atoms with Crippen molar-refractivity contribution in [1.82, 2.24) is 19.4 Å². The number of halogens is 1. The van der Waals surface area contributed by atoms with Crippen LogP contribution in [0.3, 0.4) is 0 Å². The first-order valence-electron chi connectivity index (χ1n) is 4.31. The molecule has 1 aromatic rings. The quantitative estimate of drug-likeness (QED) is 0.359. The van der Waals surface area contributed by atoms with E-state index in [2.05, 4.69) is 24.7 Å². The minimum atomic E-state index is -0.461. The van der Waals surface area contributed by atoms with Gasteiger partial charge in [-0.1, -0.05) is 0 Å². The molecule has 7 nitrogen and oxygen atoms in total. The molecule has 0 fully saturated rings. The van der Waals surface area contributed by atoms with Crippen molar-refractivity contribution >= 4 is 40.5 Å². The molecule has 1 aromatic heterocycles. The normalized spacial score (nSPS) is 9.31. The maximum absolute atomic E-state index is 11.3. The number of rotatable bonds is 4. The molecule has 0 aliphatic rings. The van der Waals surface area contributed by atoms with Gasteiger partial charge in [0.05, 0.1) is 18.4 Å². The Balaban J connectivity index is 2.29. The lowest BCUT2D eigenvalue weighted by Gasteiger charge is -2.06. The van der Waals surface area contributed by atoms with Crippen LogP contribution in [0.1, 0.15) is 0 Å². The van der Waals surface area contributed by atoms with Gasteiger partial charge in [0.25, 0.3) is 5.91 Å². The van der Waals surface area contributed by atoms with Crippen molar-refractivity contribution in [2.45, 2.75) is 0 Å². The number of carbonyl (C=O) groups excluding carboxylic acids is 2. The lowest BCUT2D eigenvalue weighted by Crippen LogP contribution is -2.41. The highest BCUT2D eigenvalue weighted by Crippen LogP contribution is 2.01. The number of hydrogen-bond acceptors (Lipinski definition) is 4. The highest BCUT2D eigenvalue weighted by atomic mass is 127. The summed E-state index contributed by atoms with van der Waals surface area (Å²) >= 11 is 1.76. The van der Waals surface area contributed by atoms with Crippen LogP contribution in [0.5, 0.6) is 0 Å². The molecule has 0 aliphatic heterocycles. The molecule has 86 valence electrons. The van der Waals surface area contributed by atoms with Crippen LogP contribution >= 0.6 is 22.9 Å². The molecule has 0 saturated heterocycles. The van der Waals surface area contributed by atoms with Gasteiger partial charge >= 0.3 is 6.03 Å². The van der Waals surface area contributed by atoms with E-state index in [9.17, 15) is 9.59 Å². The molecule has 3 amide bonds. The number of carbonyl (C=O) groups is 2. The summed E-state index contributed by atoms with van der Waals surface area (Å²) in [6.45, 7) is -0.109. The van der Waals surface area contributed by atoms with Crippen LogP contribution in [0.15, 0.2) is 24.5 Å². The molecule has 0 aliphatic carbocycles. The summed E-state index contributed by atoms with van der Waals surface area (Å²) in [7, 11) is 0. The van der Waals surface area contributed by atoms with E-state index in [0.29, 0.717) is 5.69 Å². The van der Waals surface area contributed by atoms with Crippen LogP contribution < -0.4 is 19.7 Å². The van der Waals surface area contributed by atoms with Gasteiger partial charge in [-0.15, -0.1) is 0 Å². The third-order valence-electron chi connectivity index (χ3n) is 1.52. The number of nitrogens with zero attached hydrogens (tertiary/aromatic N) is 1. The number of pyridine rings is 1. The monoisotopic (exact) mass is 335 g/mol. The van der Waals surface area contributed by atoms with Gasteiger partial charge in [-0.2, -0.15) is 3.64 Å². The third kappa shape index (κ3) is 4.89. The van der Waals surface area contributed by atoms with E-state index in [1.165, 1.54) is 6.20 Å². The lowest BCUT2D eigenvalue weighted by atomic mass is 10.4. The Morgan fingerprint density at radius 1 is 1.44 bits per heavy atom. The van der Waals surface area contributed by atoms with Crippen LogP contribution in [0.2, 0.25) is 0 Å². The first-order valence-corrected chi connectivity index (χ1v) is 5.39. The van der Waals surface area contributed by atoms with Crippen molar-refractivity contribution in [1.29, 1.82) is 0 Å². The molecule has 4 N–H and O–H groups in total. The highest BCUT2D eigenvalue weighted by Gasteiger charge is 2.04. The number of nitrogens with one attached hydrogen (secondary N) is 4. The van der Waals surface area contributed by atoms with E-state index < -0.39 is 6.03 Å². The Morgan fingerprint density at radius 3 is 2.88 bits per heavy atom. The highest BCUT2D eigenvalue weighted by molar-refractivity contribution is 14.1. The molecular weight excluding hydrogens is 325 g/mol. The topological polar surface area (TPSA) is 95.2 Å². The van der Waals surface area contributed by atoms with Crippen molar-refractivity contribution < 1.29 is 9.59 Å². The predicted molar refractivity (Wildman–Crippen MR) is 66.6 cm³/mol. The fourth-order valence-electron chi connectivity index (χ4n) is 0.869. The SMILES string of the molecule is O=C(CNC(=O)Nc1cccnc1)NNI. The summed E-state index contributed by atoms with van der Waals surface area (Å²) in [6, 6.07) is 2.93. The van der Waals surface area contributed by atoms with E-state index >= 15 is 0 Å². The predicted octanol–water partition coefficient (Wildman–Crippen LogP) is 0.174. The Hall–Kier alpha value is -1.42. The average molecular weight is 335 g/mol. The Labute approximate surface area is 106 Å². The Bertz CT molecular complexity index is 359. The minimum absolute atomic E-state index is 0.109. The largest absolute Gasteiger partial charge is 0.329 e. The number of hydrogen-bond donors (Lipinski definition) is 4. The zero-order chi connectivity index (χ0) is 11.8. The van der Waals surface area contributed by atoms with E-state index in [1.807, 2.05) is 0 Å². The van der Waals surface area contributed by atoms with Gasteiger partial charge in [0.15, 0.2) is 0 Å². The van der Waals surface area contributed by atoms with Gasteiger partial charge in [0.1, 0.15) is 0 Å². The number of aromatic nitrogens is 1. The standard InChI is InChI=1S/C8H10IN5O2/c9-14-13-7(15)5-11-8(16)12-6-2-1-3-10-4-6/h1-4,14H,5H2,(H,13,15)(H2,11,12,16). The van der Waals surface area contributed by atoms with Crippen LogP contribution in [-0.4, -0.2) is 23.5 Å². The molecule has 0 spiro atoms. The minimum Gasteiger partial charge on any atom is -0.329 e. The van der Waals surface area contributed by atoms with Gasteiger partial charge < -0.3 is 10.6 Å². The summed E-state index contributed by atoms with van der Waals surface area (Å²) in [5.41, 5.74) is 2.87. The zero-order valence-electron chi connectivity index (χ0n) is 8.16. The Kier molecular flexibility index (Phi) is 5.50. The fourth-order valence-corrected chi connectivity index (χ4v) is 1.17. The summed E-state index contributed by atoms with van der Waals surface area (Å²) in [6.07, 6.45) is 3.11. The van der Waals surface area contributed by atoms with Crippen molar-refractivity contribution in [3.8, 4) is 0 Å². The van der Waals surface area contributed by atoms with Crippen molar-refractivity contribution in [3.05, 3.63) is 24.5 Å². The molecule has 0 saturated carbocycles. The van der Waals surface area contributed by atoms with Crippen LogP contribution in [0.25, 0.3) is 0 Å². The molecule has 16 heavy (non-hydrogen) atoms. The maximum Gasteiger partial charge on any atom is 0.319 e. The molecular formula is C8H10IN5O2. The first kappa shape index (κ1) is 12.6. The van der Waals surface area contributed by atoms with Crippen LogP contribution in [0, 0.1) is 0 Å². The molecule has 1 rings (SSSR count). The van der Waals surface area contributed by atoms with Gasteiger partial charge in [0, 0.05) is 29.1 Å². The summed E-state index contributed by atoms with van der Waals surface area (Å²) in [5, 5.41) is 4.91. The second-order valence-electron chi connectivity index (χ2n) is 2.69. The molecule has 0 unspecified atom stereocenters. The van der Waals surface area contributed by atoms with Gasteiger partial charge in [-0.25, -0.2) is 4.79 Å². The molecule has 8 heteroatoms. The van der Waals surface area contributed by atoms with E-state index in [1.54, 1.807) is 41.2 Å². The van der Waals surface area contributed by atoms with Crippen molar-refractivity contribution in [3.63, 3.8) is 0 Å². The molecule has 0 bridgehead atoms. The molecule has 0 atom stereocenters. The molecule has 1 heterocycles. The third-order valence-corrected chi connectivity index (χ3v) is 1.79. The number of amides is 3. The number of anilines is 1. The van der Waals surface area contributed by atoms with Gasteiger partial charge in [-0.3, -0.25) is 15.2 Å². The lowest BCUT2D eigenvalue weighted by molar-refractivity contribution is -0.120. The summed E-state index contributed by atoms with van der Waals surface area (Å²) in [5.74, 6) is -0.337. The Morgan fingerprint density at radius 2 is 2.25 bits per heavy atom. The van der Waals surface area contributed by atoms with Gasteiger partial charge in [-0.05, 0) is 12.1 Å². The fraction of sp³-hybridized carbons (Fsp3) is 0.125.